The molecule has 20 heavy (non-hydrogen) atoms. The summed E-state index contributed by atoms with van der Waals surface area (Å²) in [5, 5.41) is 11.1. The lowest BCUT2D eigenvalue weighted by atomic mass is 10.1. The zero-order valence-corrected chi connectivity index (χ0v) is 11.6. The monoisotopic (exact) mass is 273 g/mol. The first-order valence-corrected chi connectivity index (χ1v) is 6.17. The molecule has 0 bridgehead atoms. The molecular formula is C14H15N3O3. The summed E-state index contributed by atoms with van der Waals surface area (Å²) in [5.41, 5.74) is 2.33. The average Bonchev–Trinajstić information content (AvgIpc) is 2.80. The van der Waals surface area contributed by atoms with E-state index >= 15 is 0 Å². The van der Waals surface area contributed by atoms with E-state index in [-0.39, 0.29) is 11.5 Å². The van der Waals surface area contributed by atoms with Gasteiger partial charge in [-0.15, -0.1) is 0 Å². The summed E-state index contributed by atoms with van der Waals surface area (Å²) < 4.78 is 1.75. The van der Waals surface area contributed by atoms with Crippen molar-refractivity contribution in [3.63, 3.8) is 0 Å². The summed E-state index contributed by atoms with van der Waals surface area (Å²) in [6.45, 7) is 5.18. The number of nitrogens with zero attached hydrogens (tertiary/aromatic N) is 3. The van der Waals surface area contributed by atoms with E-state index in [1.54, 1.807) is 36.7 Å². The second-order valence-electron chi connectivity index (χ2n) is 4.70. The van der Waals surface area contributed by atoms with Crippen LogP contribution in [-0.2, 0) is 6.54 Å². The van der Waals surface area contributed by atoms with Crippen molar-refractivity contribution in [1.82, 2.24) is 9.55 Å². The first kappa shape index (κ1) is 13.9. The molecule has 0 atom stereocenters. The van der Waals surface area contributed by atoms with Crippen LogP contribution < -0.4 is 0 Å². The number of Topliss-reactive ketones (excluding diaryl/α,β-unsaturated/α-hetero) is 1. The normalized spacial score (nSPS) is 10.6. The zero-order valence-electron chi connectivity index (χ0n) is 11.6. The molecule has 2 aromatic heterocycles. The van der Waals surface area contributed by atoms with Gasteiger partial charge in [-0.2, -0.15) is 0 Å². The molecule has 0 aliphatic heterocycles. The van der Waals surface area contributed by atoms with Crippen molar-refractivity contribution < 1.29 is 9.72 Å². The van der Waals surface area contributed by atoms with E-state index in [1.807, 2.05) is 0 Å². The Kier molecular flexibility index (Phi) is 3.65. The lowest BCUT2D eigenvalue weighted by Crippen LogP contribution is -2.10. The Morgan fingerprint density at radius 2 is 2.15 bits per heavy atom. The highest BCUT2D eigenvalue weighted by molar-refractivity contribution is 5.92. The van der Waals surface area contributed by atoms with E-state index in [0.29, 0.717) is 29.1 Å². The smallest absolute Gasteiger partial charge is 0.278 e. The minimum absolute atomic E-state index is 0.0470. The Bertz CT molecular complexity index is 689. The number of hydrogen-bond acceptors (Lipinski definition) is 4. The number of aromatic nitrogens is 2. The van der Waals surface area contributed by atoms with Gasteiger partial charge in [0, 0.05) is 24.9 Å². The first-order chi connectivity index (χ1) is 9.41. The minimum Gasteiger partial charge on any atom is -0.339 e. The molecule has 6 nitrogen and oxygen atoms in total. The number of carbonyl (C=O) groups is 1. The van der Waals surface area contributed by atoms with Gasteiger partial charge in [0.2, 0.25) is 0 Å². The Balaban J connectivity index is 2.45. The number of rotatable bonds is 4. The number of carbonyl (C=O) groups excluding carboxylic acids is 1. The van der Waals surface area contributed by atoms with E-state index < -0.39 is 4.92 Å². The molecule has 2 rings (SSSR count). The SMILES string of the molecule is CC(=O)c1cccn1Cc1ncc(C)c([N+](=O)[O-])c1C. The van der Waals surface area contributed by atoms with Crippen molar-refractivity contribution in [3.8, 4) is 0 Å². The second kappa shape index (κ2) is 5.24. The molecular weight excluding hydrogens is 258 g/mol. The van der Waals surface area contributed by atoms with E-state index in [0.717, 1.165) is 0 Å². The first-order valence-electron chi connectivity index (χ1n) is 6.17. The van der Waals surface area contributed by atoms with Crippen LogP contribution in [0.3, 0.4) is 0 Å². The average molecular weight is 273 g/mol. The van der Waals surface area contributed by atoms with Crippen LogP contribution in [-0.4, -0.2) is 20.3 Å². The lowest BCUT2D eigenvalue weighted by molar-refractivity contribution is -0.386. The van der Waals surface area contributed by atoms with Gasteiger partial charge < -0.3 is 4.57 Å². The van der Waals surface area contributed by atoms with Gasteiger partial charge in [-0.3, -0.25) is 19.9 Å². The summed E-state index contributed by atoms with van der Waals surface area (Å²) in [4.78, 5) is 26.4. The Labute approximate surface area is 116 Å². The van der Waals surface area contributed by atoms with Gasteiger partial charge >= 0.3 is 0 Å². The van der Waals surface area contributed by atoms with Crippen molar-refractivity contribution in [3.05, 3.63) is 57.2 Å². The summed E-state index contributed by atoms with van der Waals surface area (Å²) >= 11 is 0. The molecule has 104 valence electrons. The third-order valence-electron chi connectivity index (χ3n) is 3.27. The molecule has 0 fully saturated rings. The summed E-state index contributed by atoms with van der Waals surface area (Å²) in [6, 6.07) is 3.49. The van der Waals surface area contributed by atoms with Crippen LogP contribution in [0.5, 0.6) is 0 Å². The van der Waals surface area contributed by atoms with Crippen molar-refractivity contribution in [2.75, 3.05) is 0 Å². The molecule has 6 heteroatoms. The van der Waals surface area contributed by atoms with Crippen LogP contribution in [0.2, 0.25) is 0 Å². The fourth-order valence-electron chi connectivity index (χ4n) is 2.24. The molecule has 0 N–H and O–H groups in total. The predicted molar refractivity (Wildman–Crippen MR) is 73.9 cm³/mol. The van der Waals surface area contributed by atoms with Crippen molar-refractivity contribution in [1.29, 1.82) is 0 Å². The maximum Gasteiger partial charge on any atom is 0.278 e. The summed E-state index contributed by atoms with van der Waals surface area (Å²) in [5.74, 6) is -0.0470. The molecule has 2 aromatic rings. The molecule has 0 saturated carbocycles. The zero-order chi connectivity index (χ0) is 14.9. The van der Waals surface area contributed by atoms with Crippen molar-refractivity contribution in [2.45, 2.75) is 27.3 Å². The van der Waals surface area contributed by atoms with E-state index in [1.165, 1.54) is 13.1 Å². The number of pyridine rings is 1. The molecule has 2 heterocycles. The fourth-order valence-corrected chi connectivity index (χ4v) is 2.24. The van der Waals surface area contributed by atoms with Crippen LogP contribution in [0.4, 0.5) is 5.69 Å². The van der Waals surface area contributed by atoms with Gasteiger partial charge in [0.15, 0.2) is 5.78 Å². The van der Waals surface area contributed by atoms with Gasteiger partial charge in [-0.05, 0) is 26.0 Å². The van der Waals surface area contributed by atoms with E-state index in [2.05, 4.69) is 4.98 Å². The maximum atomic E-state index is 11.5. The van der Waals surface area contributed by atoms with Crippen molar-refractivity contribution >= 4 is 11.5 Å². The van der Waals surface area contributed by atoms with Gasteiger partial charge in [0.1, 0.15) is 0 Å². The van der Waals surface area contributed by atoms with Crippen LogP contribution in [0.25, 0.3) is 0 Å². The highest BCUT2D eigenvalue weighted by Crippen LogP contribution is 2.24. The standard InChI is InChI=1S/C14H15N3O3/c1-9-7-15-12(10(2)14(9)17(19)20)8-16-6-4-5-13(16)11(3)18/h4-7H,8H2,1-3H3. The predicted octanol–water partition coefficient (Wildman–Crippen LogP) is 2.66. The third kappa shape index (κ3) is 2.45. The maximum absolute atomic E-state index is 11.5. The Morgan fingerprint density at radius 3 is 2.75 bits per heavy atom. The largest absolute Gasteiger partial charge is 0.339 e. The van der Waals surface area contributed by atoms with Gasteiger partial charge in [0.25, 0.3) is 5.69 Å². The molecule has 0 unspecified atom stereocenters. The molecule has 0 aromatic carbocycles. The highest BCUT2D eigenvalue weighted by atomic mass is 16.6. The fraction of sp³-hybridized carbons (Fsp3) is 0.286. The number of hydrogen-bond donors (Lipinski definition) is 0. The Morgan fingerprint density at radius 1 is 1.45 bits per heavy atom. The Hall–Kier alpha value is -2.50. The van der Waals surface area contributed by atoms with Crippen LogP contribution in [0, 0.1) is 24.0 Å². The molecule has 0 amide bonds. The quantitative estimate of drug-likeness (QED) is 0.487. The van der Waals surface area contributed by atoms with Crippen molar-refractivity contribution in [2.24, 2.45) is 0 Å². The van der Waals surface area contributed by atoms with Gasteiger partial charge in [0.05, 0.1) is 28.4 Å². The topological polar surface area (TPSA) is 78.0 Å². The number of ketones is 1. The number of aryl methyl sites for hydroxylation is 1. The summed E-state index contributed by atoms with van der Waals surface area (Å²) in [7, 11) is 0. The van der Waals surface area contributed by atoms with Crippen LogP contribution >= 0.6 is 0 Å². The minimum atomic E-state index is -0.391. The summed E-state index contributed by atoms with van der Waals surface area (Å²) in [6.07, 6.45) is 3.26. The molecule has 0 saturated heterocycles. The molecule has 0 spiro atoms. The lowest BCUT2D eigenvalue weighted by Gasteiger charge is -2.10. The van der Waals surface area contributed by atoms with E-state index in [4.69, 9.17) is 0 Å². The molecule has 0 aliphatic carbocycles. The van der Waals surface area contributed by atoms with Gasteiger partial charge in [-0.25, -0.2) is 0 Å². The van der Waals surface area contributed by atoms with Gasteiger partial charge in [-0.1, -0.05) is 0 Å². The molecule has 0 aliphatic rings. The van der Waals surface area contributed by atoms with E-state index in [9.17, 15) is 14.9 Å². The molecule has 0 radical (unpaired) electrons. The highest BCUT2D eigenvalue weighted by Gasteiger charge is 2.19. The third-order valence-corrected chi connectivity index (χ3v) is 3.27. The van der Waals surface area contributed by atoms with Crippen LogP contribution in [0.1, 0.15) is 34.2 Å². The van der Waals surface area contributed by atoms with Crippen LogP contribution in [0.15, 0.2) is 24.5 Å². The number of nitro groups is 1. The second-order valence-corrected chi connectivity index (χ2v) is 4.70.